The van der Waals surface area contributed by atoms with E-state index in [-0.39, 0.29) is 0 Å². The fraction of sp³-hybridized carbons (Fsp3) is 0.160. The van der Waals surface area contributed by atoms with E-state index in [0.29, 0.717) is 17.9 Å². The van der Waals surface area contributed by atoms with Crippen molar-refractivity contribution in [3.05, 3.63) is 107 Å². The van der Waals surface area contributed by atoms with E-state index >= 15 is 0 Å². The predicted molar refractivity (Wildman–Crippen MR) is 118 cm³/mol. The molecule has 5 rings (SSSR count). The third-order valence-electron chi connectivity index (χ3n) is 5.76. The Balaban J connectivity index is 1.38. The smallest absolute Gasteiger partial charge is 0.0630 e. The van der Waals surface area contributed by atoms with Crippen molar-refractivity contribution in [3.63, 3.8) is 0 Å². The molecule has 1 N–H and O–H groups in total. The minimum Gasteiger partial charge on any atom is -0.378 e. The third kappa shape index (κ3) is 3.25. The van der Waals surface area contributed by atoms with E-state index in [4.69, 9.17) is 11.6 Å². The predicted octanol–water partition coefficient (Wildman–Crippen LogP) is 6.92. The van der Waals surface area contributed by atoms with Gasteiger partial charge in [0.15, 0.2) is 0 Å². The van der Waals surface area contributed by atoms with Crippen LogP contribution >= 0.6 is 11.6 Å². The molecule has 3 heteroatoms. The van der Waals surface area contributed by atoms with Crippen molar-refractivity contribution in [3.8, 4) is 0 Å². The highest BCUT2D eigenvalue weighted by molar-refractivity contribution is 6.30. The normalized spacial score (nSPS) is 22.7. The topological polar surface area (TPSA) is 24.4 Å². The van der Waals surface area contributed by atoms with Crippen LogP contribution in [0.4, 0.5) is 11.4 Å². The van der Waals surface area contributed by atoms with Gasteiger partial charge in [0, 0.05) is 22.8 Å². The van der Waals surface area contributed by atoms with Gasteiger partial charge in [-0.05, 0) is 59.4 Å². The molecule has 0 saturated carbocycles. The number of hydrogen-bond donors (Lipinski definition) is 1. The zero-order valence-corrected chi connectivity index (χ0v) is 16.2. The molecule has 1 heterocycles. The number of halogens is 1. The second kappa shape index (κ2) is 7.29. The van der Waals surface area contributed by atoms with Gasteiger partial charge < -0.3 is 5.32 Å². The average molecular weight is 385 g/mol. The summed E-state index contributed by atoms with van der Waals surface area (Å²) in [6.45, 7) is 0. The Bertz CT molecular complexity index is 1030. The maximum atomic E-state index is 5.94. The van der Waals surface area contributed by atoms with Gasteiger partial charge in [-0.2, -0.15) is 0 Å². The first kappa shape index (κ1) is 17.3. The van der Waals surface area contributed by atoms with Crippen molar-refractivity contribution in [2.75, 3.05) is 5.32 Å². The number of rotatable bonds is 3. The maximum absolute atomic E-state index is 5.94. The largest absolute Gasteiger partial charge is 0.378 e. The number of para-hydroxylation sites is 1. The summed E-state index contributed by atoms with van der Waals surface area (Å²) in [6.07, 6.45) is 7.70. The minimum atomic E-state index is 0.323. The van der Waals surface area contributed by atoms with Crippen molar-refractivity contribution in [1.29, 1.82) is 0 Å². The van der Waals surface area contributed by atoms with E-state index in [1.807, 2.05) is 30.5 Å². The number of anilines is 1. The Kier molecular flexibility index (Phi) is 4.50. The second-order valence-electron chi connectivity index (χ2n) is 7.46. The molecule has 0 amide bonds. The first-order valence-electron chi connectivity index (χ1n) is 9.70. The lowest BCUT2D eigenvalue weighted by atomic mass is 9.77. The maximum Gasteiger partial charge on any atom is 0.0630 e. The molecule has 0 spiro atoms. The van der Waals surface area contributed by atoms with E-state index in [2.05, 4.69) is 71.0 Å². The van der Waals surface area contributed by atoms with Gasteiger partial charge in [0.05, 0.1) is 11.7 Å². The molecule has 2 nitrogen and oxygen atoms in total. The van der Waals surface area contributed by atoms with Gasteiger partial charge in [-0.25, -0.2) is 0 Å². The van der Waals surface area contributed by atoms with E-state index in [0.717, 1.165) is 22.7 Å². The molecule has 0 radical (unpaired) electrons. The number of fused-ring (bicyclic) bond motifs is 3. The molecule has 3 aromatic rings. The number of nitrogens with one attached hydrogen (secondary N) is 1. The molecule has 3 aromatic carbocycles. The number of hydrogen-bond acceptors (Lipinski definition) is 2. The number of benzene rings is 3. The monoisotopic (exact) mass is 384 g/mol. The molecule has 0 fully saturated rings. The van der Waals surface area contributed by atoms with E-state index < -0.39 is 0 Å². The highest BCUT2D eigenvalue weighted by atomic mass is 35.5. The zero-order chi connectivity index (χ0) is 18.9. The van der Waals surface area contributed by atoms with Crippen molar-refractivity contribution < 1.29 is 0 Å². The lowest BCUT2D eigenvalue weighted by molar-refractivity contribution is 0.425. The summed E-state index contributed by atoms with van der Waals surface area (Å²) >= 11 is 5.94. The Hall–Kier alpha value is -2.84. The number of allylic oxidation sites excluding steroid dienone is 2. The first-order chi connectivity index (χ1) is 13.8. The summed E-state index contributed by atoms with van der Waals surface area (Å²) in [7, 11) is 0. The molecule has 1 aliphatic heterocycles. The SMILES string of the molecule is Clc1ccc(C=Nc2ccc([C@@H]3Nc4ccccc4[C@@H]4C=CC[C@@H]43)cc2)cc1. The van der Waals surface area contributed by atoms with Gasteiger partial charge in [0.2, 0.25) is 0 Å². The van der Waals surface area contributed by atoms with Crippen LogP contribution in [0.2, 0.25) is 5.02 Å². The molecule has 1 aliphatic carbocycles. The van der Waals surface area contributed by atoms with Crippen molar-refractivity contribution in [1.82, 2.24) is 0 Å². The van der Waals surface area contributed by atoms with Gasteiger partial charge >= 0.3 is 0 Å². The molecule has 0 unspecified atom stereocenters. The number of aliphatic imine (C=N–C) groups is 1. The molecule has 3 atom stereocenters. The van der Waals surface area contributed by atoms with Crippen LogP contribution in [0.3, 0.4) is 0 Å². The van der Waals surface area contributed by atoms with Crippen LogP contribution in [0.25, 0.3) is 0 Å². The molecular formula is C25H21ClN2. The highest BCUT2D eigenvalue weighted by Crippen LogP contribution is 2.49. The van der Waals surface area contributed by atoms with Crippen LogP contribution in [0.15, 0.2) is 89.9 Å². The van der Waals surface area contributed by atoms with Gasteiger partial charge in [-0.1, -0.05) is 66.2 Å². The van der Waals surface area contributed by atoms with Crippen LogP contribution in [0, 0.1) is 5.92 Å². The van der Waals surface area contributed by atoms with Crippen molar-refractivity contribution in [2.45, 2.75) is 18.4 Å². The van der Waals surface area contributed by atoms with Crippen LogP contribution in [-0.2, 0) is 0 Å². The van der Waals surface area contributed by atoms with Gasteiger partial charge in [-0.3, -0.25) is 4.99 Å². The Morgan fingerprint density at radius 2 is 1.71 bits per heavy atom. The van der Waals surface area contributed by atoms with Crippen LogP contribution in [-0.4, -0.2) is 6.21 Å². The van der Waals surface area contributed by atoms with Crippen LogP contribution < -0.4 is 5.32 Å². The van der Waals surface area contributed by atoms with Crippen molar-refractivity contribution >= 4 is 29.2 Å². The molecule has 28 heavy (non-hydrogen) atoms. The summed E-state index contributed by atoms with van der Waals surface area (Å²) in [5.41, 5.74) is 5.99. The molecule has 0 saturated heterocycles. The van der Waals surface area contributed by atoms with Gasteiger partial charge in [0.25, 0.3) is 0 Å². The molecule has 138 valence electrons. The van der Waals surface area contributed by atoms with Crippen molar-refractivity contribution in [2.24, 2.45) is 10.9 Å². The quantitative estimate of drug-likeness (QED) is 0.384. The molecule has 0 aromatic heterocycles. The summed E-state index contributed by atoms with van der Waals surface area (Å²) in [5, 5.41) is 4.52. The minimum absolute atomic E-state index is 0.323. The average Bonchev–Trinajstić information content (AvgIpc) is 3.23. The first-order valence-corrected chi connectivity index (χ1v) is 10.1. The Labute approximate surface area is 170 Å². The lowest BCUT2D eigenvalue weighted by Crippen LogP contribution is -2.28. The molecular weight excluding hydrogens is 364 g/mol. The van der Waals surface area contributed by atoms with E-state index in [9.17, 15) is 0 Å². The van der Waals surface area contributed by atoms with Gasteiger partial charge in [0.1, 0.15) is 0 Å². The highest BCUT2D eigenvalue weighted by Gasteiger charge is 2.37. The Morgan fingerprint density at radius 3 is 2.54 bits per heavy atom. The summed E-state index contributed by atoms with van der Waals surface area (Å²) < 4.78 is 0. The Morgan fingerprint density at radius 1 is 0.929 bits per heavy atom. The standard InChI is InChI=1S/C25H21ClN2/c26-19-12-8-17(9-13-19)16-27-20-14-10-18(11-15-20)25-23-6-3-5-21(23)22-4-1-2-7-24(22)28-25/h1-5,7-16,21,23,25,28H,6H2/t21-,23-,25-/m0/s1. The number of nitrogens with zero attached hydrogens (tertiary/aromatic N) is 1. The van der Waals surface area contributed by atoms with Crippen LogP contribution in [0.5, 0.6) is 0 Å². The summed E-state index contributed by atoms with van der Waals surface area (Å²) in [4.78, 5) is 4.59. The zero-order valence-electron chi connectivity index (χ0n) is 15.4. The summed E-state index contributed by atoms with van der Waals surface area (Å²) in [6, 6.07) is 25.3. The van der Waals surface area contributed by atoms with E-state index in [1.54, 1.807) is 0 Å². The third-order valence-corrected chi connectivity index (χ3v) is 6.01. The fourth-order valence-corrected chi connectivity index (χ4v) is 4.47. The summed E-state index contributed by atoms with van der Waals surface area (Å²) in [5.74, 6) is 1.07. The fourth-order valence-electron chi connectivity index (χ4n) is 4.34. The van der Waals surface area contributed by atoms with Crippen LogP contribution in [0.1, 0.15) is 35.1 Å². The lowest BCUT2D eigenvalue weighted by Gasteiger charge is -2.37. The van der Waals surface area contributed by atoms with E-state index in [1.165, 1.54) is 16.8 Å². The van der Waals surface area contributed by atoms with Gasteiger partial charge in [-0.15, -0.1) is 0 Å². The second-order valence-corrected chi connectivity index (χ2v) is 7.90. The molecule has 2 aliphatic rings. The molecule has 0 bridgehead atoms.